The van der Waals surface area contributed by atoms with E-state index in [-0.39, 0.29) is 24.1 Å². The summed E-state index contributed by atoms with van der Waals surface area (Å²) in [7, 11) is 1.48. The molecule has 2 aromatic rings. The molecule has 0 radical (unpaired) electrons. The maximum Gasteiger partial charge on any atom is 0.338 e. The molecular weight excluding hydrogens is 430 g/mol. The third-order valence-electron chi connectivity index (χ3n) is 5.91. The fourth-order valence-electron chi connectivity index (χ4n) is 4.36. The molecule has 5 rings (SSSR count). The highest BCUT2D eigenvalue weighted by Gasteiger charge is 2.31. The van der Waals surface area contributed by atoms with Crippen LogP contribution in [0.1, 0.15) is 34.8 Å². The Morgan fingerprint density at radius 2 is 1.73 bits per heavy atom. The SMILES string of the molecule is COc1cc(C(=O)OCC(=O)N2CCC[C@H]2c2ccc3c(c2)OCCO3)cc2c1OCCO2. The first-order chi connectivity index (χ1) is 16.1. The highest BCUT2D eigenvalue weighted by molar-refractivity contribution is 5.93. The van der Waals surface area contributed by atoms with E-state index in [1.807, 2.05) is 18.2 Å². The zero-order valence-corrected chi connectivity index (χ0v) is 18.3. The van der Waals surface area contributed by atoms with Gasteiger partial charge in [0, 0.05) is 6.54 Å². The van der Waals surface area contributed by atoms with E-state index in [1.54, 1.807) is 4.90 Å². The summed E-state index contributed by atoms with van der Waals surface area (Å²) in [5.74, 6) is 1.78. The van der Waals surface area contributed by atoms with Crippen LogP contribution in [-0.4, -0.2) is 63.5 Å². The normalized spacial score (nSPS) is 18.6. The van der Waals surface area contributed by atoms with Crippen LogP contribution < -0.4 is 23.7 Å². The number of nitrogens with zero attached hydrogens (tertiary/aromatic N) is 1. The first kappa shape index (κ1) is 21.2. The van der Waals surface area contributed by atoms with Crippen LogP contribution in [0.5, 0.6) is 28.7 Å². The Balaban J connectivity index is 1.25. The molecule has 33 heavy (non-hydrogen) atoms. The second kappa shape index (κ2) is 9.09. The number of carbonyl (C=O) groups excluding carboxylic acids is 2. The number of ether oxygens (including phenoxy) is 6. The molecule has 9 nitrogen and oxygen atoms in total. The van der Waals surface area contributed by atoms with E-state index in [2.05, 4.69) is 0 Å². The molecule has 9 heteroatoms. The molecule has 0 spiro atoms. The lowest BCUT2D eigenvalue weighted by Crippen LogP contribution is -2.34. The number of amides is 1. The number of rotatable bonds is 5. The monoisotopic (exact) mass is 455 g/mol. The number of benzene rings is 2. The summed E-state index contributed by atoms with van der Waals surface area (Å²) in [6.07, 6.45) is 1.71. The highest BCUT2D eigenvalue weighted by atomic mass is 16.6. The van der Waals surface area contributed by atoms with Gasteiger partial charge in [-0.2, -0.15) is 0 Å². The summed E-state index contributed by atoms with van der Waals surface area (Å²) in [6, 6.07) is 8.72. The first-order valence-corrected chi connectivity index (χ1v) is 11.0. The van der Waals surface area contributed by atoms with Gasteiger partial charge in [-0.1, -0.05) is 6.07 Å². The van der Waals surface area contributed by atoms with Gasteiger partial charge in [-0.15, -0.1) is 0 Å². The van der Waals surface area contributed by atoms with Crippen molar-refractivity contribution < 1.29 is 38.0 Å². The summed E-state index contributed by atoms with van der Waals surface area (Å²) in [5, 5.41) is 0. The largest absolute Gasteiger partial charge is 0.493 e. The van der Waals surface area contributed by atoms with E-state index >= 15 is 0 Å². The quantitative estimate of drug-likeness (QED) is 0.636. The summed E-state index contributed by atoms with van der Waals surface area (Å²) in [6.45, 7) is 2.07. The summed E-state index contributed by atoms with van der Waals surface area (Å²) in [5.41, 5.74) is 1.21. The standard InChI is InChI=1S/C24H25NO8/c1-28-20-12-16(13-21-23(20)32-10-9-31-21)24(27)33-14-22(26)25-6-2-3-17(25)15-4-5-18-19(11-15)30-8-7-29-18/h4-5,11-13,17H,2-3,6-10,14H2,1H3/t17-/m0/s1. The van der Waals surface area contributed by atoms with Crippen LogP contribution in [0.2, 0.25) is 0 Å². The van der Waals surface area contributed by atoms with Gasteiger partial charge in [-0.3, -0.25) is 4.79 Å². The van der Waals surface area contributed by atoms with Crippen molar-refractivity contribution >= 4 is 11.9 Å². The third kappa shape index (κ3) is 4.22. The van der Waals surface area contributed by atoms with Gasteiger partial charge in [-0.05, 0) is 42.7 Å². The molecule has 1 saturated heterocycles. The van der Waals surface area contributed by atoms with Crippen molar-refractivity contribution in [3.8, 4) is 28.7 Å². The zero-order valence-electron chi connectivity index (χ0n) is 18.3. The average molecular weight is 455 g/mol. The van der Waals surface area contributed by atoms with Crippen molar-refractivity contribution in [2.45, 2.75) is 18.9 Å². The van der Waals surface area contributed by atoms with Crippen LogP contribution >= 0.6 is 0 Å². The van der Waals surface area contributed by atoms with Gasteiger partial charge in [0.15, 0.2) is 29.6 Å². The number of esters is 1. The van der Waals surface area contributed by atoms with E-state index in [4.69, 9.17) is 28.4 Å². The third-order valence-corrected chi connectivity index (χ3v) is 5.91. The molecule has 0 unspecified atom stereocenters. The van der Waals surface area contributed by atoms with Crippen LogP contribution in [0.15, 0.2) is 30.3 Å². The molecule has 3 heterocycles. The van der Waals surface area contributed by atoms with E-state index in [0.29, 0.717) is 61.7 Å². The van der Waals surface area contributed by atoms with E-state index in [0.717, 1.165) is 18.4 Å². The molecule has 3 aliphatic rings. The number of hydrogen-bond acceptors (Lipinski definition) is 8. The Hall–Kier alpha value is -3.62. The maximum atomic E-state index is 12.9. The molecule has 0 bridgehead atoms. The van der Waals surface area contributed by atoms with Gasteiger partial charge >= 0.3 is 5.97 Å². The number of likely N-dealkylation sites (tertiary alicyclic amines) is 1. The van der Waals surface area contributed by atoms with Crippen molar-refractivity contribution in [2.75, 3.05) is 46.7 Å². The molecule has 174 valence electrons. The van der Waals surface area contributed by atoms with Crippen LogP contribution in [0.4, 0.5) is 0 Å². The molecule has 1 amide bonds. The Bertz CT molecular complexity index is 1050. The smallest absolute Gasteiger partial charge is 0.338 e. The van der Waals surface area contributed by atoms with E-state index < -0.39 is 5.97 Å². The Morgan fingerprint density at radius 1 is 0.970 bits per heavy atom. The van der Waals surface area contributed by atoms with Crippen LogP contribution in [0, 0.1) is 0 Å². The summed E-state index contributed by atoms with van der Waals surface area (Å²) < 4.78 is 33.0. The lowest BCUT2D eigenvalue weighted by molar-refractivity contribution is -0.135. The van der Waals surface area contributed by atoms with Crippen molar-refractivity contribution in [3.63, 3.8) is 0 Å². The first-order valence-electron chi connectivity index (χ1n) is 11.0. The van der Waals surface area contributed by atoms with Gasteiger partial charge in [0.1, 0.15) is 26.4 Å². The minimum Gasteiger partial charge on any atom is -0.493 e. The van der Waals surface area contributed by atoms with Gasteiger partial charge in [0.2, 0.25) is 5.75 Å². The lowest BCUT2D eigenvalue weighted by Gasteiger charge is -2.26. The number of methoxy groups -OCH3 is 1. The second-order valence-electron chi connectivity index (χ2n) is 7.93. The zero-order chi connectivity index (χ0) is 22.8. The highest BCUT2D eigenvalue weighted by Crippen LogP contribution is 2.41. The molecule has 3 aliphatic heterocycles. The minimum absolute atomic E-state index is 0.0959. The van der Waals surface area contributed by atoms with Crippen molar-refractivity contribution in [2.24, 2.45) is 0 Å². The number of hydrogen-bond donors (Lipinski definition) is 0. The van der Waals surface area contributed by atoms with Crippen LogP contribution in [0.3, 0.4) is 0 Å². The molecule has 0 aliphatic carbocycles. The molecule has 0 aromatic heterocycles. The van der Waals surface area contributed by atoms with E-state index in [1.165, 1.54) is 19.2 Å². The Kier molecular flexibility index (Phi) is 5.85. The molecule has 0 N–H and O–H groups in total. The van der Waals surface area contributed by atoms with E-state index in [9.17, 15) is 9.59 Å². The predicted molar refractivity (Wildman–Crippen MR) is 115 cm³/mol. The number of carbonyl (C=O) groups is 2. The summed E-state index contributed by atoms with van der Waals surface area (Å²) >= 11 is 0. The van der Waals surface area contributed by atoms with Crippen LogP contribution in [-0.2, 0) is 9.53 Å². The van der Waals surface area contributed by atoms with Crippen LogP contribution in [0.25, 0.3) is 0 Å². The molecule has 2 aromatic carbocycles. The van der Waals surface area contributed by atoms with Gasteiger partial charge in [0.05, 0.1) is 18.7 Å². The van der Waals surface area contributed by atoms with Crippen molar-refractivity contribution in [1.29, 1.82) is 0 Å². The van der Waals surface area contributed by atoms with Gasteiger partial charge < -0.3 is 33.3 Å². The van der Waals surface area contributed by atoms with Crippen molar-refractivity contribution in [3.05, 3.63) is 41.5 Å². The number of fused-ring (bicyclic) bond motifs is 2. The molecule has 1 atom stereocenters. The Labute approximate surface area is 191 Å². The summed E-state index contributed by atoms with van der Waals surface area (Å²) in [4.78, 5) is 27.3. The predicted octanol–water partition coefficient (Wildman–Crippen LogP) is 2.76. The second-order valence-corrected chi connectivity index (χ2v) is 7.93. The Morgan fingerprint density at radius 3 is 2.55 bits per heavy atom. The van der Waals surface area contributed by atoms with Crippen molar-refractivity contribution in [1.82, 2.24) is 4.90 Å². The minimum atomic E-state index is -0.631. The maximum absolute atomic E-state index is 12.9. The van der Waals surface area contributed by atoms with Gasteiger partial charge in [0.25, 0.3) is 5.91 Å². The molecule has 0 saturated carbocycles. The topological polar surface area (TPSA) is 92.8 Å². The fourth-order valence-corrected chi connectivity index (χ4v) is 4.36. The lowest BCUT2D eigenvalue weighted by atomic mass is 10.0. The molecule has 1 fully saturated rings. The van der Waals surface area contributed by atoms with Gasteiger partial charge in [-0.25, -0.2) is 4.79 Å². The average Bonchev–Trinajstić information content (AvgIpc) is 3.36. The molecular formula is C24H25NO8. The fraction of sp³-hybridized carbons (Fsp3) is 0.417.